The molecule has 6 heteroatoms. The molecule has 4 nitrogen and oxygen atoms in total. The largest absolute Gasteiger partial charge is 0.337 e. The van der Waals surface area contributed by atoms with Crippen LogP contribution in [0.1, 0.15) is 18.9 Å². The fraction of sp³-hybridized carbons (Fsp3) is 0.250. The number of nitrogens with one attached hydrogen (secondary N) is 2. The summed E-state index contributed by atoms with van der Waals surface area (Å²) in [4.78, 5) is 14.4. The minimum Gasteiger partial charge on any atom is -0.337 e. The second kappa shape index (κ2) is 4.29. The minimum absolute atomic E-state index is 0.0257. The average Bonchev–Trinajstić information content (AvgIpc) is 2.68. The number of rotatable bonds is 1. The maximum Gasteiger partial charge on any atom is 0.240 e. The molecule has 1 aliphatic rings. The van der Waals surface area contributed by atoms with E-state index in [-0.39, 0.29) is 11.8 Å². The number of aromatic nitrogens is 1. The van der Waals surface area contributed by atoms with Crippen LogP contribution in [0, 0.1) is 9.87 Å². The molecule has 0 aliphatic carbocycles. The molecule has 1 aliphatic heterocycles. The lowest BCUT2D eigenvalue weighted by atomic mass is 9.94. The van der Waals surface area contributed by atoms with Crippen LogP contribution in [0.3, 0.4) is 0 Å². The van der Waals surface area contributed by atoms with E-state index in [0.717, 1.165) is 25.4 Å². The molecule has 2 N–H and O–H groups in total. The van der Waals surface area contributed by atoms with Gasteiger partial charge < -0.3 is 4.98 Å². The summed E-state index contributed by atoms with van der Waals surface area (Å²) in [6.07, 6.45) is 0.483. The van der Waals surface area contributed by atoms with Crippen LogP contribution in [-0.2, 0) is 4.79 Å². The SMILES string of the molecule is CC1CC(=O)NN=C1c1ccc2sc(=S)[nH]c2c1. The van der Waals surface area contributed by atoms with Crippen molar-refractivity contribution >= 4 is 45.4 Å². The van der Waals surface area contributed by atoms with E-state index in [0.29, 0.717) is 6.42 Å². The molecule has 2 heterocycles. The zero-order chi connectivity index (χ0) is 12.7. The van der Waals surface area contributed by atoms with Crippen molar-refractivity contribution < 1.29 is 4.79 Å². The van der Waals surface area contributed by atoms with Gasteiger partial charge in [-0.15, -0.1) is 11.3 Å². The van der Waals surface area contributed by atoms with Crippen molar-refractivity contribution in [3.63, 3.8) is 0 Å². The topological polar surface area (TPSA) is 57.2 Å². The van der Waals surface area contributed by atoms with Crippen molar-refractivity contribution in [3.05, 3.63) is 27.7 Å². The van der Waals surface area contributed by atoms with Crippen molar-refractivity contribution in [2.75, 3.05) is 0 Å². The zero-order valence-corrected chi connectivity index (χ0v) is 11.3. The van der Waals surface area contributed by atoms with Crippen molar-refractivity contribution in [1.82, 2.24) is 10.4 Å². The third-order valence-corrected chi connectivity index (χ3v) is 4.19. The van der Waals surface area contributed by atoms with E-state index in [1.165, 1.54) is 0 Å². The summed E-state index contributed by atoms with van der Waals surface area (Å²) in [6.45, 7) is 2.01. The van der Waals surface area contributed by atoms with E-state index < -0.39 is 0 Å². The monoisotopic (exact) mass is 277 g/mol. The Morgan fingerprint density at radius 3 is 3.11 bits per heavy atom. The molecule has 0 bridgehead atoms. The van der Waals surface area contributed by atoms with Crippen molar-refractivity contribution in [2.24, 2.45) is 11.0 Å². The Hall–Kier alpha value is -1.53. The van der Waals surface area contributed by atoms with Gasteiger partial charge in [0.1, 0.15) is 0 Å². The molecule has 1 unspecified atom stereocenters. The molecule has 0 spiro atoms. The van der Waals surface area contributed by atoms with Gasteiger partial charge in [0.15, 0.2) is 3.95 Å². The quantitative estimate of drug-likeness (QED) is 0.787. The molecule has 1 atom stereocenters. The number of aromatic amines is 1. The van der Waals surface area contributed by atoms with Crippen LogP contribution in [0.5, 0.6) is 0 Å². The Balaban J connectivity index is 2.08. The van der Waals surface area contributed by atoms with Crippen LogP contribution in [0.15, 0.2) is 23.3 Å². The molecule has 0 radical (unpaired) electrons. The Labute approximate surface area is 113 Å². The fourth-order valence-corrected chi connectivity index (χ4v) is 3.21. The molecule has 1 aromatic carbocycles. The first-order chi connectivity index (χ1) is 8.63. The number of carbonyl (C=O) groups excluding carboxylic acids is 1. The maximum atomic E-state index is 11.2. The first kappa shape index (κ1) is 11.6. The van der Waals surface area contributed by atoms with E-state index in [2.05, 4.69) is 15.5 Å². The molecular weight excluding hydrogens is 266 g/mol. The third-order valence-electron chi connectivity index (χ3n) is 2.97. The van der Waals surface area contributed by atoms with E-state index in [1.54, 1.807) is 11.3 Å². The molecule has 2 aromatic rings. The van der Waals surface area contributed by atoms with E-state index in [9.17, 15) is 4.79 Å². The smallest absolute Gasteiger partial charge is 0.240 e. The average molecular weight is 277 g/mol. The summed E-state index contributed by atoms with van der Waals surface area (Å²) in [5.74, 6) is 0.111. The van der Waals surface area contributed by atoms with Crippen molar-refractivity contribution in [3.8, 4) is 0 Å². The van der Waals surface area contributed by atoms with Crippen molar-refractivity contribution in [2.45, 2.75) is 13.3 Å². The highest BCUT2D eigenvalue weighted by Crippen LogP contribution is 2.23. The van der Waals surface area contributed by atoms with Crippen LogP contribution >= 0.6 is 23.6 Å². The zero-order valence-electron chi connectivity index (χ0n) is 9.69. The Morgan fingerprint density at radius 2 is 2.33 bits per heavy atom. The highest BCUT2D eigenvalue weighted by molar-refractivity contribution is 7.73. The molecule has 1 amide bonds. The molecule has 0 saturated heterocycles. The molecule has 0 fully saturated rings. The van der Waals surface area contributed by atoms with Crippen LogP contribution in [-0.4, -0.2) is 16.6 Å². The Morgan fingerprint density at radius 1 is 1.50 bits per heavy atom. The summed E-state index contributed by atoms with van der Waals surface area (Å²) >= 11 is 6.69. The highest BCUT2D eigenvalue weighted by Gasteiger charge is 2.21. The number of carbonyl (C=O) groups is 1. The number of nitrogens with zero attached hydrogens (tertiary/aromatic N) is 1. The summed E-state index contributed by atoms with van der Waals surface area (Å²) in [5, 5.41) is 4.16. The lowest BCUT2D eigenvalue weighted by Gasteiger charge is -2.19. The van der Waals surface area contributed by atoms with Gasteiger partial charge >= 0.3 is 0 Å². The van der Waals surface area contributed by atoms with Gasteiger partial charge in [-0.05, 0) is 24.4 Å². The van der Waals surface area contributed by atoms with Crippen LogP contribution in [0.4, 0.5) is 0 Å². The van der Waals surface area contributed by atoms with Gasteiger partial charge in [-0.3, -0.25) is 4.79 Å². The number of hydrogen-bond donors (Lipinski definition) is 2. The standard InChI is InChI=1S/C12H11N3OS2/c1-6-4-10(16)14-15-11(6)7-2-3-9-8(5-7)13-12(17)18-9/h2-3,5-6H,4H2,1H3,(H,13,17)(H,14,16). The first-order valence-electron chi connectivity index (χ1n) is 5.63. The summed E-state index contributed by atoms with van der Waals surface area (Å²) in [7, 11) is 0. The molecule has 0 saturated carbocycles. The lowest BCUT2D eigenvalue weighted by molar-refractivity contribution is -0.121. The number of amides is 1. The fourth-order valence-electron chi connectivity index (χ4n) is 2.11. The summed E-state index contributed by atoms with van der Waals surface area (Å²) in [6, 6.07) is 6.09. The third kappa shape index (κ3) is 1.97. The second-order valence-corrected chi connectivity index (χ2v) is 6.08. The Kier molecular flexibility index (Phi) is 2.76. The normalized spacial score (nSPS) is 19.7. The number of hydrogen-bond acceptors (Lipinski definition) is 4. The maximum absolute atomic E-state index is 11.2. The van der Waals surface area contributed by atoms with Crippen molar-refractivity contribution in [1.29, 1.82) is 0 Å². The molecule has 92 valence electrons. The molecule has 1 aromatic heterocycles. The van der Waals surface area contributed by atoms with Gasteiger partial charge in [0, 0.05) is 17.9 Å². The predicted molar refractivity (Wildman–Crippen MR) is 75.5 cm³/mol. The van der Waals surface area contributed by atoms with Gasteiger partial charge in [-0.1, -0.05) is 13.0 Å². The number of thiazole rings is 1. The highest BCUT2D eigenvalue weighted by atomic mass is 32.1. The lowest BCUT2D eigenvalue weighted by Crippen LogP contribution is -2.31. The summed E-state index contributed by atoms with van der Waals surface area (Å²) < 4.78 is 1.91. The van der Waals surface area contributed by atoms with Gasteiger partial charge in [-0.25, -0.2) is 5.43 Å². The van der Waals surface area contributed by atoms with E-state index in [4.69, 9.17) is 12.2 Å². The predicted octanol–water partition coefficient (Wildman–Crippen LogP) is 2.82. The second-order valence-electron chi connectivity index (χ2n) is 4.36. The van der Waals surface area contributed by atoms with Gasteiger partial charge in [0.2, 0.25) is 5.91 Å². The van der Waals surface area contributed by atoms with Crippen LogP contribution in [0.25, 0.3) is 10.2 Å². The number of H-pyrrole nitrogens is 1. The molecule has 3 rings (SSSR count). The number of fused-ring (bicyclic) bond motifs is 1. The van der Waals surface area contributed by atoms with Crippen LogP contribution in [0.2, 0.25) is 0 Å². The van der Waals surface area contributed by atoms with Gasteiger partial charge in [0.05, 0.1) is 15.9 Å². The van der Waals surface area contributed by atoms with Crippen LogP contribution < -0.4 is 5.43 Å². The van der Waals surface area contributed by atoms with Gasteiger partial charge in [-0.2, -0.15) is 5.10 Å². The first-order valence-corrected chi connectivity index (χ1v) is 6.85. The van der Waals surface area contributed by atoms with E-state index in [1.807, 2.05) is 25.1 Å². The molecular formula is C12H11N3OS2. The van der Waals surface area contributed by atoms with Gasteiger partial charge in [0.25, 0.3) is 0 Å². The summed E-state index contributed by atoms with van der Waals surface area (Å²) in [5.41, 5.74) is 5.50. The van der Waals surface area contributed by atoms with E-state index >= 15 is 0 Å². The Bertz CT molecular complexity index is 713. The molecule has 18 heavy (non-hydrogen) atoms. The number of hydrazone groups is 1. The number of benzene rings is 1. The minimum atomic E-state index is -0.0257.